The number of pyridine rings is 1. The van der Waals surface area contributed by atoms with Gasteiger partial charge in [-0.05, 0) is 36.8 Å². The third-order valence-electron chi connectivity index (χ3n) is 4.48. The minimum Gasteiger partial charge on any atom is -0.396 e. The number of carbonyl (C=O) groups excluding carboxylic acids is 1. The minimum absolute atomic E-state index is 0.0103. The van der Waals surface area contributed by atoms with Crippen LogP contribution in [0.5, 0.6) is 0 Å². The van der Waals surface area contributed by atoms with Gasteiger partial charge < -0.3 is 20.2 Å². The molecule has 1 atom stereocenters. The van der Waals surface area contributed by atoms with Crippen molar-refractivity contribution in [1.29, 1.82) is 0 Å². The SMILES string of the molecule is CC(C)CC(CCO)CNC(=O)N1CCN(c2ccncc2)CC1. The number of nitrogens with zero attached hydrogens (tertiary/aromatic N) is 3. The molecule has 6 nitrogen and oxygen atoms in total. The topological polar surface area (TPSA) is 68.7 Å². The van der Waals surface area contributed by atoms with Gasteiger partial charge in [-0.15, -0.1) is 0 Å². The van der Waals surface area contributed by atoms with E-state index in [1.807, 2.05) is 17.0 Å². The molecule has 1 unspecified atom stereocenters. The second-order valence-electron chi connectivity index (χ2n) is 6.87. The van der Waals surface area contributed by atoms with Gasteiger partial charge in [-0.25, -0.2) is 4.79 Å². The average molecular weight is 334 g/mol. The highest BCUT2D eigenvalue weighted by molar-refractivity contribution is 5.74. The van der Waals surface area contributed by atoms with Crippen molar-refractivity contribution in [1.82, 2.24) is 15.2 Å². The zero-order chi connectivity index (χ0) is 17.4. The highest BCUT2D eigenvalue weighted by Gasteiger charge is 2.22. The van der Waals surface area contributed by atoms with Crippen LogP contribution < -0.4 is 10.2 Å². The first-order chi connectivity index (χ1) is 11.6. The molecule has 0 aliphatic carbocycles. The summed E-state index contributed by atoms with van der Waals surface area (Å²) in [5.41, 5.74) is 1.16. The van der Waals surface area contributed by atoms with E-state index in [1.54, 1.807) is 12.4 Å². The Morgan fingerprint density at radius 2 is 1.92 bits per heavy atom. The Labute approximate surface area is 144 Å². The molecule has 0 saturated carbocycles. The van der Waals surface area contributed by atoms with Gasteiger partial charge in [-0.1, -0.05) is 13.8 Å². The second-order valence-corrected chi connectivity index (χ2v) is 6.87. The molecule has 1 fully saturated rings. The number of rotatable bonds is 7. The third kappa shape index (κ3) is 5.67. The Kier molecular flexibility index (Phi) is 7.31. The van der Waals surface area contributed by atoms with Crippen molar-refractivity contribution in [3.63, 3.8) is 0 Å². The molecule has 1 aromatic rings. The number of aliphatic hydroxyl groups excluding tert-OH is 1. The van der Waals surface area contributed by atoms with Crippen molar-refractivity contribution >= 4 is 11.7 Å². The van der Waals surface area contributed by atoms with Crippen LogP contribution in [0.25, 0.3) is 0 Å². The minimum atomic E-state index is 0.0103. The molecule has 24 heavy (non-hydrogen) atoms. The van der Waals surface area contributed by atoms with Gasteiger partial charge in [0.2, 0.25) is 0 Å². The molecule has 0 radical (unpaired) electrons. The molecule has 2 rings (SSSR count). The number of nitrogens with one attached hydrogen (secondary N) is 1. The lowest BCUT2D eigenvalue weighted by Crippen LogP contribution is -2.52. The largest absolute Gasteiger partial charge is 0.396 e. The van der Waals surface area contributed by atoms with Gasteiger partial charge in [0.05, 0.1) is 0 Å². The standard InChI is InChI=1S/C18H30N4O2/c1-15(2)13-16(5-12-23)14-20-18(24)22-10-8-21(9-11-22)17-3-6-19-7-4-17/h3-4,6-7,15-16,23H,5,8-14H2,1-2H3,(H,20,24). The summed E-state index contributed by atoms with van der Waals surface area (Å²) in [4.78, 5) is 20.6. The number of aromatic nitrogens is 1. The smallest absolute Gasteiger partial charge is 0.317 e. The number of urea groups is 1. The molecule has 0 aromatic carbocycles. The number of hydrogen-bond acceptors (Lipinski definition) is 4. The fraction of sp³-hybridized carbons (Fsp3) is 0.667. The Morgan fingerprint density at radius 1 is 1.25 bits per heavy atom. The molecule has 0 spiro atoms. The summed E-state index contributed by atoms with van der Waals surface area (Å²) < 4.78 is 0. The molecule has 1 saturated heterocycles. The van der Waals surface area contributed by atoms with Crippen molar-refractivity contribution in [2.24, 2.45) is 11.8 Å². The maximum absolute atomic E-state index is 12.4. The van der Waals surface area contributed by atoms with Gasteiger partial charge in [0.1, 0.15) is 0 Å². The van der Waals surface area contributed by atoms with E-state index in [0.29, 0.717) is 18.4 Å². The quantitative estimate of drug-likeness (QED) is 0.800. The average Bonchev–Trinajstić information content (AvgIpc) is 2.60. The molecule has 2 amide bonds. The van der Waals surface area contributed by atoms with E-state index < -0.39 is 0 Å². The van der Waals surface area contributed by atoms with Crippen LogP contribution >= 0.6 is 0 Å². The molecular formula is C18H30N4O2. The summed E-state index contributed by atoms with van der Waals surface area (Å²) in [5.74, 6) is 0.916. The van der Waals surface area contributed by atoms with Crippen LogP contribution in [-0.4, -0.2) is 60.4 Å². The van der Waals surface area contributed by atoms with Crippen LogP contribution in [-0.2, 0) is 0 Å². The van der Waals surface area contributed by atoms with Crippen molar-refractivity contribution < 1.29 is 9.90 Å². The normalized spacial score (nSPS) is 16.3. The lowest BCUT2D eigenvalue weighted by molar-refractivity contribution is 0.188. The first-order valence-electron chi connectivity index (χ1n) is 8.88. The zero-order valence-corrected chi connectivity index (χ0v) is 14.8. The fourth-order valence-electron chi connectivity index (χ4n) is 3.22. The van der Waals surface area contributed by atoms with E-state index >= 15 is 0 Å². The lowest BCUT2D eigenvalue weighted by Gasteiger charge is -2.36. The van der Waals surface area contributed by atoms with E-state index in [0.717, 1.165) is 44.7 Å². The molecule has 0 bridgehead atoms. The molecule has 2 heterocycles. The summed E-state index contributed by atoms with van der Waals surface area (Å²) in [6.07, 6.45) is 5.36. The maximum atomic E-state index is 12.4. The third-order valence-corrected chi connectivity index (χ3v) is 4.48. The lowest BCUT2D eigenvalue weighted by atomic mass is 9.94. The number of aliphatic hydroxyl groups is 1. The summed E-state index contributed by atoms with van der Waals surface area (Å²) in [6, 6.07) is 4.01. The monoisotopic (exact) mass is 334 g/mol. The summed E-state index contributed by atoms with van der Waals surface area (Å²) >= 11 is 0. The van der Waals surface area contributed by atoms with Crippen LogP contribution in [0.3, 0.4) is 0 Å². The highest BCUT2D eigenvalue weighted by atomic mass is 16.3. The number of hydrogen-bond donors (Lipinski definition) is 2. The number of piperazine rings is 1. The molecule has 2 N–H and O–H groups in total. The van der Waals surface area contributed by atoms with Gasteiger partial charge >= 0.3 is 6.03 Å². The van der Waals surface area contributed by atoms with Crippen LogP contribution in [0.1, 0.15) is 26.7 Å². The summed E-state index contributed by atoms with van der Waals surface area (Å²) in [5, 5.41) is 12.2. The second kappa shape index (κ2) is 9.47. The number of carbonyl (C=O) groups is 1. The summed E-state index contributed by atoms with van der Waals surface area (Å²) in [6.45, 7) is 8.29. The van der Waals surface area contributed by atoms with Gasteiger partial charge in [0, 0.05) is 57.4 Å². The first-order valence-corrected chi connectivity index (χ1v) is 8.88. The van der Waals surface area contributed by atoms with Gasteiger partial charge in [0.25, 0.3) is 0 Å². The molecule has 1 aromatic heterocycles. The van der Waals surface area contributed by atoms with Gasteiger partial charge in [-0.2, -0.15) is 0 Å². The predicted octanol–water partition coefficient (Wildman–Crippen LogP) is 1.96. The van der Waals surface area contributed by atoms with Crippen LogP contribution in [0, 0.1) is 11.8 Å². The van der Waals surface area contributed by atoms with Crippen molar-refractivity contribution in [3.8, 4) is 0 Å². The van der Waals surface area contributed by atoms with E-state index in [-0.39, 0.29) is 12.6 Å². The predicted molar refractivity (Wildman–Crippen MR) is 96.1 cm³/mol. The van der Waals surface area contributed by atoms with E-state index in [1.165, 1.54) is 0 Å². The van der Waals surface area contributed by atoms with E-state index in [9.17, 15) is 4.79 Å². The van der Waals surface area contributed by atoms with Crippen LogP contribution in [0.2, 0.25) is 0 Å². The number of anilines is 1. The van der Waals surface area contributed by atoms with E-state index in [4.69, 9.17) is 5.11 Å². The van der Waals surface area contributed by atoms with E-state index in [2.05, 4.69) is 29.0 Å². The van der Waals surface area contributed by atoms with Gasteiger partial charge in [0.15, 0.2) is 0 Å². The van der Waals surface area contributed by atoms with Crippen molar-refractivity contribution in [2.75, 3.05) is 44.2 Å². The van der Waals surface area contributed by atoms with Crippen LogP contribution in [0.4, 0.5) is 10.5 Å². The Morgan fingerprint density at radius 3 is 2.50 bits per heavy atom. The molecule has 134 valence electrons. The molecule has 1 aliphatic heterocycles. The Bertz CT molecular complexity index is 487. The molecular weight excluding hydrogens is 304 g/mol. The van der Waals surface area contributed by atoms with Crippen molar-refractivity contribution in [3.05, 3.63) is 24.5 Å². The molecule has 6 heteroatoms. The van der Waals surface area contributed by atoms with Crippen LogP contribution in [0.15, 0.2) is 24.5 Å². The first kappa shape index (κ1) is 18.5. The maximum Gasteiger partial charge on any atom is 0.317 e. The fourth-order valence-corrected chi connectivity index (χ4v) is 3.22. The Hall–Kier alpha value is -1.82. The Balaban J connectivity index is 1.76. The summed E-state index contributed by atoms with van der Waals surface area (Å²) in [7, 11) is 0. The van der Waals surface area contributed by atoms with Crippen molar-refractivity contribution in [2.45, 2.75) is 26.7 Å². The molecule has 1 aliphatic rings. The highest BCUT2D eigenvalue weighted by Crippen LogP contribution is 2.16. The number of amides is 2. The zero-order valence-electron chi connectivity index (χ0n) is 14.8. The van der Waals surface area contributed by atoms with Gasteiger partial charge in [-0.3, -0.25) is 4.98 Å².